The molecule has 1 atom stereocenters. The van der Waals surface area contributed by atoms with Crippen molar-refractivity contribution in [1.29, 1.82) is 0 Å². The van der Waals surface area contributed by atoms with Crippen molar-refractivity contribution in [2.75, 3.05) is 18.1 Å². The summed E-state index contributed by atoms with van der Waals surface area (Å²) in [6, 6.07) is -1.32. The Kier molecular flexibility index (Phi) is 4.46. The molecule has 0 aromatic carbocycles. The van der Waals surface area contributed by atoms with Gasteiger partial charge in [-0.1, -0.05) is 0 Å². The van der Waals surface area contributed by atoms with Crippen LogP contribution in [-0.2, 0) is 21.2 Å². The van der Waals surface area contributed by atoms with E-state index >= 15 is 0 Å². The average molecular weight is 316 g/mol. The topological polar surface area (TPSA) is 132 Å². The molecule has 9 nitrogen and oxygen atoms in total. The van der Waals surface area contributed by atoms with Gasteiger partial charge in [0.1, 0.15) is 0 Å². The predicted molar refractivity (Wildman–Crippen MR) is 72.2 cm³/mol. The van der Waals surface area contributed by atoms with Crippen LogP contribution in [0.3, 0.4) is 0 Å². The van der Waals surface area contributed by atoms with E-state index in [1.54, 1.807) is 12.4 Å². The van der Waals surface area contributed by atoms with Crippen molar-refractivity contribution in [2.45, 2.75) is 19.0 Å². The summed E-state index contributed by atoms with van der Waals surface area (Å²) in [5.74, 6) is -1.61. The minimum absolute atomic E-state index is 0.00248. The highest BCUT2D eigenvalue weighted by Crippen LogP contribution is 2.15. The first-order chi connectivity index (χ1) is 9.87. The second kappa shape index (κ2) is 6.12. The zero-order valence-corrected chi connectivity index (χ0v) is 12.0. The lowest BCUT2D eigenvalue weighted by Crippen LogP contribution is -2.54. The molecular formula is C11H16N4O5S. The van der Waals surface area contributed by atoms with Gasteiger partial charge in [-0.3, -0.25) is 9.89 Å². The van der Waals surface area contributed by atoms with Crippen molar-refractivity contribution in [3.8, 4) is 0 Å². The van der Waals surface area contributed by atoms with Gasteiger partial charge < -0.3 is 15.3 Å². The van der Waals surface area contributed by atoms with Gasteiger partial charge in [-0.05, 0) is 0 Å². The molecule has 1 fully saturated rings. The molecule has 10 heteroatoms. The Labute approximate surface area is 121 Å². The third-order valence-corrected chi connectivity index (χ3v) is 4.90. The molecule has 1 unspecified atom stereocenters. The molecule has 1 aliphatic heterocycles. The smallest absolute Gasteiger partial charge is 0.317 e. The zero-order chi connectivity index (χ0) is 15.5. The van der Waals surface area contributed by atoms with E-state index in [0.29, 0.717) is 0 Å². The minimum atomic E-state index is -3.30. The summed E-state index contributed by atoms with van der Waals surface area (Å²) in [6.45, 7) is 0.232. The number of carbonyl (C=O) groups is 2. The maximum absolute atomic E-state index is 12.1. The lowest BCUT2D eigenvalue weighted by atomic mass is 10.2. The maximum atomic E-state index is 12.1. The number of urea groups is 1. The first-order valence-electron chi connectivity index (χ1n) is 6.32. The van der Waals surface area contributed by atoms with Crippen molar-refractivity contribution in [2.24, 2.45) is 0 Å². The maximum Gasteiger partial charge on any atom is 0.317 e. The molecule has 2 heterocycles. The van der Waals surface area contributed by atoms with Crippen LogP contribution in [0.1, 0.15) is 12.0 Å². The number of carbonyl (C=O) groups excluding carboxylic acids is 1. The molecule has 1 aromatic heterocycles. The largest absolute Gasteiger partial charge is 0.481 e. The molecule has 1 aliphatic rings. The molecule has 0 radical (unpaired) electrons. The Morgan fingerprint density at radius 1 is 1.52 bits per heavy atom. The highest BCUT2D eigenvalue weighted by atomic mass is 32.2. The zero-order valence-electron chi connectivity index (χ0n) is 11.2. The lowest BCUT2D eigenvalue weighted by molar-refractivity contribution is -0.138. The minimum Gasteiger partial charge on any atom is -0.481 e. The molecule has 2 amide bonds. The summed E-state index contributed by atoms with van der Waals surface area (Å²) < 4.78 is 23.2. The van der Waals surface area contributed by atoms with Gasteiger partial charge in [-0.25, -0.2) is 13.2 Å². The summed E-state index contributed by atoms with van der Waals surface area (Å²) in [6.07, 6.45) is 2.78. The van der Waals surface area contributed by atoms with E-state index in [1.165, 1.54) is 4.90 Å². The van der Waals surface area contributed by atoms with E-state index in [0.717, 1.165) is 5.56 Å². The SMILES string of the molecule is O=C(O)CC1CS(=O)(=O)CCN1C(=O)NCc1cn[nH]c1. The van der Waals surface area contributed by atoms with E-state index in [2.05, 4.69) is 15.5 Å². The number of hydrogen-bond acceptors (Lipinski definition) is 5. The number of carboxylic acid groups (broad SMARTS) is 1. The van der Waals surface area contributed by atoms with E-state index in [4.69, 9.17) is 5.11 Å². The Bertz CT molecular complexity index is 613. The van der Waals surface area contributed by atoms with Gasteiger partial charge in [-0.2, -0.15) is 5.10 Å². The van der Waals surface area contributed by atoms with Crippen molar-refractivity contribution in [1.82, 2.24) is 20.4 Å². The fraction of sp³-hybridized carbons (Fsp3) is 0.545. The van der Waals surface area contributed by atoms with Crippen LogP contribution in [0.15, 0.2) is 12.4 Å². The number of sulfone groups is 1. The van der Waals surface area contributed by atoms with Gasteiger partial charge in [0.2, 0.25) is 0 Å². The van der Waals surface area contributed by atoms with Crippen LogP contribution in [-0.4, -0.2) is 64.7 Å². The van der Waals surface area contributed by atoms with E-state index in [-0.39, 0.29) is 24.6 Å². The van der Waals surface area contributed by atoms with E-state index in [1.807, 2.05) is 0 Å². The third kappa shape index (κ3) is 4.18. The summed E-state index contributed by atoms with van der Waals surface area (Å²) in [4.78, 5) is 24.2. The molecular weight excluding hydrogens is 300 g/mol. The Balaban J connectivity index is 2.01. The fourth-order valence-corrected chi connectivity index (χ4v) is 3.70. The fourth-order valence-electron chi connectivity index (χ4n) is 2.18. The molecule has 2 rings (SSSR count). The number of carboxylic acids is 1. The average Bonchev–Trinajstić information content (AvgIpc) is 2.87. The van der Waals surface area contributed by atoms with Crippen molar-refractivity contribution in [3.05, 3.63) is 18.0 Å². The molecule has 0 spiro atoms. The number of aromatic amines is 1. The number of amides is 2. The Morgan fingerprint density at radius 3 is 2.90 bits per heavy atom. The van der Waals surface area contributed by atoms with Gasteiger partial charge in [0, 0.05) is 24.8 Å². The van der Waals surface area contributed by atoms with Crippen molar-refractivity contribution in [3.63, 3.8) is 0 Å². The molecule has 0 bridgehead atoms. The second-order valence-electron chi connectivity index (χ2n) is 4.82. The summed E-state index contributed by atoms with van der Waals surface area (Å²) in [5, 5.41) is 17.8. The van der Waals surface area contributed by atoms with Crippen LogP contribution in [0.5, 0.6) is 0 Å². The van der Waals surface area contributed by atoms with Gasteiger partial charge >= 0.3 is 12.0 Å². The van der Waals surface area contributed by atoms with E-state index in [9.17, 15) is 18.0 Å². The highest BCUT2D eigenvalue weighted by molar-refractivity contribution is 7.91. The second-order valence-corrected chi connectivity index (χ2v) is 7.05. The first-order valence-corrected chi connectivity index (χ1v) is 8.14. The monoisotopic (exact) mass is 316 g/mol. The van der Waals surface area contributed by atoms with Gasteiger partial charge in [0.25, 0.3) is 0 Å². The molecule has 21 heavy (non-hydrogen) atoms. The molecule has 0 aliphatic carbocycles. The Hall–Kier alpha value is -2.10. The van der Waals surface area contributed by atoms with Gasteiger partial charge in [0.05, 0.1) is 30.2 Å². The molecule has 116 valence electrons. The molecule has 3 N–H and O–H groups in total. The van der Waals surface area contributed by atoms with Crippen LogP contribution in [0.2, 0.25) is 0 Å². The molecule has 1 saturated heterocycles. The van der Waals surface area contributed by atoms with Gasteiger partial charge in [0.15, 0.2) is 9.84 Å². The molecule has 1 aromatic rings. The summed E-state index contributed by atoms with van der Waals surface area (Å²) in [5.41, 5.74) is 0.766. The van der Waals surface area contributed by atoms with Crippen molar-refractivity contribution < 1.29 is 23.1 Å². The van der Waals surface area contributed by atoms with E-state index < -0.39 is 34.3 Å². The van der Waals surface area contributed by atoms with Crippen LogP contribution in [0.25, 0.3) is 0 Å². The van der Waals surface area contributed by atoms with Crippen LogP contribution in [0.4, 0.5) is 4.79 Å². The number of nitrogens with one attached hydrogen (secondary N) is 2. The highest BCUT2D eigenvalue weighted by Gasteiger charge is 2.35. The lowest BCUT2D eigenvalue weighted by Gasteiger charge is -2.34. The van der Waals surface area contributed by atoms with Crippen LogP contribution in [0, 0.1) is 0 Å². The normalized spacial score (nSPS) is 21.0. The Morgan fingerprint density at radius 2 is 2.29 bits per heavy atom. The molecule has 0 saturated carbocycles. The first kappa shape index (κ1) is 15.3. The predicted octanol–water partition coefficient (Wildman–Crippen LogP) is -0.807. The van der Waals surface area contributed by atoms with Crippen LogP contribution < -0.4 is 5.32 Å². The number of hydrogen-bond donors (Lipinski definition) is 3. The number of aromatic nitrogens is 2. The standard InChI is InChI=1S/C11H16N4O5S/c16-10(17)3-9-7-21(19,20)2-1-15(9)11(18)12-4-8-5-13-14-6-8/h5-6,9H,1-4,7H2,(H,12,18)(H,13,14)(H,16,17). The van der Waals surface area contributed by atoms with Gasteiger partial charge in [-0.15, -0.1) is 0 Å². The quantitative estimate of drug-likeness (QED) is 0.665. The third-order valence-electron chi connectivity index (χ3n) is 3.20. The summed E-state index contributed by atoms with van der Waals surface area (Å²) in [7, 11) is -3.30. The number of nitrogens with zero attached hydrogens (tertiary/aromatic N) is 2. The number of rotatable bonds is 4. The van der Waals surface area contributed by atoms with Crippen molar-refractivity contribution >= 4 is 21.8 Å². The summed E-state index contributed by atoms with van der Waals surface area (Å²) >= 11 is 0. The van der Waals surface area contributed by atoms with Crippen LogP contribution >= 0.6 is 0 Å². The number of aliphatic carboxylic acids is 1. The number of H-pyrrole nitrogens is 1.